The van der Waals surface area contributed by atoms with E-state index in [1.165, 1.54) is 12.8 Å². The first kappa shape index (κ1) is 17.9. The lowest BCUT2D eigenvalue weighted by Gasteiger charge is -2.27. The molecule has 2 N–H and O–H groups in total. The Morgan fingerprint density at radius 1 is 0.722 bits per heavy atom. The zero-order valence-corrected chi connectivity index (χ0v) is 13.2. The molecule has 0 aliphatic heterocycles. The monoisotopic (exact) mass is 258 g/mol. The molecule has 0 unspecified atom stereocenters. The van der Waals surface area contributed by atoms with Gasteiger partial charge in [0.15, 0.2) is 0 Å². The van der Waals surface area contributed by atoms with Crippen LogP contribution in [0.3, 0.4) is 0 Å². The molecule has 0 aromatic rings. The summed E-state index contributed by atoms with van der Waals surface area (Å²) in [5.74, 6) is 2.44. The van der Waals surface area contributed by atoms with Gasteiger partial charge in [-0.3, -0.25) is 0 Å². The molecule has 18 heavy (non-hydrogen) atoms. The van der Waals surface area contributed by atoms with E-state index in [1.807, 2.05) is 6.92 Å². The van der Waals surface area contributed by atoms with Crippen molar-refractivity contribution in [3.05, 3.63) is 0 Å². The van der Waals surface area contributed by atoms with Crippen molar-refractivity contribution in [1.82, 2.24) is 0 Å². The highest BCUT2D eigenvalue weighted by Gasteiger charge is 2.23. The van der Waals surface area contributed by atoms with Gasteiger partial charge >= 0.3 is 0 Å². The average Bonchev–Trinajstić information content (AvgIpc) is 2.25. The Kier molecular flexibility index (Phi) is 8.89. The van der Waals surface area contributed by atoms with Crippen LogP contribution in [0.4, 0.5) is 0 Å². The van der Waals surface area contributed by atoms with Crippen LogP contribution in [0.5, 0.6) is 0 Å². The lowest BCUT2D eigenvalue weighted by atomic mass is 9.82. The van der Waals surface area contributed by atoms with Crippen molar-refractivity contribution in [2.45, 2.75) is 66.9 Å². The Morgan fingerprint density at radius 2 is 1.22 bits per heavy atom. The number of hydrogen-bond acceptors (Lipinski definition) is 2. The second-order valence-corrected chi connectivity index (χ2v) is 6.94. The van der Waals surface area contributed by atoms with Crippen LogP contribution in [0.25, 0.3) is 0 Å². The molecule has 0 fully saturated rings. The Bertz CT molecular complexity index is 203. The van der Waals surface area contributed by atoms with Gasteiger partial charge in [-0.1, -0.05) is 41.5 Å². The summed E-state index contributed by atoms with van der Waals surface area (Å²) in [7, 11) is 0. The molecule has 0 heterocycles. The van der Waals surface area contributed by atoms with Gasteiger partial charge < -0.3 is 10.2 Å². The van der Waals surface area contributed by atoms with Gasteiger partial charge in [-0.05, 0) is 42.9 Å². The van der Waals surface area contributed by atoms with Crippen LogP contribution in [0.15, 0.2) is 0 Å². The van der Waals surface area contributed by atoms with Gasteiger partial charge in [0.25, 0.3) is 0 Å². The van der Waals surface area contributed by atoms with Crippen LogP contribution in [-0.4, -0.2) is 22.9 Å². The molecule has 0 amide bonds. The Labute approximate surface area is 114 Å². The maximum Gasteiger partial charge on any atom is 0.0613 e. The molecule has 2 nitrogen and oxygen atoms in total. The fourth-order valence-corrected chi connectivity index (χ4v) is 3.13. The summed E-state index contributed by atoms with van der Waals surface area (Å²) in [6.07, 6.45) is 3.20. The minimum atomic E-state index is -0.377. The van der Waals surface area contributed by atoms with E-state index in [-0.39, 0.29) is 24.5 Å². The first-order valence-corrected chi connectivity index (χ1v) is 7.56. The standard InChI is InChI=1S/C16H34O2/c1-11(2)7-12(3)8-13(4)9-14(5)16(18)15(6)10-17/h11-18H,7-10H2,1-6H3/t12-,13-,14-,15+,16-/m1/s1. The Hall–Kier alpha value is -0.0800. The molecule has 5 atom stereocenters. The van der Waals surface area contributed by atoms with Crippen molar-refractivity contribution in [1.29, 1.82) is 0 Å². The summed E-state index contributed by atoms with van der Waals surface area (Å²) in [6, 6.07) is 0. The third-order valence-corrected chi connectivity index (χ3v) is 3.91. The highest BCUT2D eigenvalue weighted by Crippen LogP contribution is 2.26. The van der Waals surface area contributed by atoms with Crippen LogP contribution in [0, 0.1) is 29.6 Å². The van der Waals surface area contributed by atoms with Gasteiger partial charge in [-0.2, -0.15) is 0 Å². The van der Waals surface area contributed by atoms with E-state index in [2.05, 4.69) is 34.6 Å². The van der Waals surface area contributed by atoms with Gasteiger partial charge in [0, 0.05) is 12.5 Å². The molecule has 0 rings (SSSR count). The summed E-state index contributed by atoms with van der Waals surface area (Å²) in [4.78, 5) is 0. The van der Waals surface area contributed by atoms with E-state index >= 15 is 0 Å². The van der Waals surface area contributed by atoms with Gasteiger partial charge in [0.1, 0.15) is 0 Å². The predicted molar refractivity (Wildman–Crippen MR) is 78.4 cm³/mol. The number of rotatable bonds is 9. The van der Waals surface area contributed by atoms with Crippen molar-refractivity contribution < 1.29 is 10.2 Å². The number of aliphatic hydroxyl groups excluding tert-OH is 2. The van der Waals surface area contributed by atoms with Gasteiger partial charge in [0.2, 0.25) is 0 Å². The Balaban J connectivity index is 4.03. The first-order chi connectivity index (χ1) is 8.27. The van der Waals surface area contributed by atoms with E-state index in [0.717, 1.165) is 18.3 Å². The predicted octanol–water partition coefficient (Wildman–Crippen LogP) is 3.71. The van der Waals surface area contributed by atoms with Crippen LogP contribution in [0.2, 0.25) is 0 Å². The molecular weight excluding hydrogens is 224 g/mol. The zero-order chi connectivity index (χ0) is 14.3. The smallest absolute Gasteiger partial charge is 0.0613 e. The largest absolute Gasteiger partial charge is 0.396 e. The summed E-state index contributed by atoms with van der Waals surface area (Å²) >= 11 is 0. The topological polar surface area (TPSA) is 40.5 Å². The number of aliphatic hydroxyl groups is 2. The molecule has 110 valence electrons. The molecule has 0 aromatic heterocycles. The van der Waals surface area contributed by atoms with Crippen LogP contribution in [-0.2, 0) is 0 Å². The molecule has 0 aliphatic rings. The molecule has 2 heteroatoms. The fraction of sp³-hybridized carbons (Fsp3) is 1.00. The van der Waals surface area contributed by atoms with Crippen molar-refractivity contribution in [2.24, 2.45) is 29.6 Å². The minimum absolute atomic E-state index is 0.0136. The highest BCUT2D eigenvalue weighted by atomic mass is 16.3. The third-order valence-electron chi connectivity index (χ3n) is 3.91. The molecule has 0 aromatic carbocycles. The molecule has 0 radical (unpaired) electrons. The molecule has 0 aliphatic carbocycles. The lowest BCUT2D eigenvalue weighted by Crippen LogP contribution is -2.29. The van der Waals surface area contributed by atoms with Crippen molar-refractivity contribution in [2.75, 3.05) is 6.61 Å². The van der Waals surface area contributed by atoms with E-state index in [9.17, 15) is 5.11 Å². The van der Waals surface area contributed by atoms with E-state index < -0.39 is 0 Å². The highest BCUT2D eigenvalue weighted by molar-refractivity contribution is 4.73. The molecule has 0 saturated heterocycles. The van der Waals surface area contributed by atoms with E-state index in [1.54, 1.807) is 0 Å². The quantitative estimate of drug-likeness (QED) is 0.662. The van der Waals surface area contributed by atoms with Gasteiger partial charge in [-0.15, -0.1) is 0 Å². The van der Waals surface area contributed by atoms with Crippen LogP contribution < -0.4 is 0 Å². The SMILES string of the molecule is CC(C)C[C@@H](C)C[C@@H](C)C[C@@H](C)[C@@H](O)[C@@H](C)CO. The maximum atomic E-state index is 10.1. The maximum absolute atomic E-state index is 10.1. The zero-order valence-electron chi connectivity index (χ0n) is 13.2. The van der Waals surface area contributed by atoms with Crippen LogP contribution in [0.1, 0.15) is 60.8 Å². The summed E-state index contributed by atoms with van der Waals surface area (Å²) in [5.41, 5.74) is 0. The average molecular weight is 258 g/mol. The normalized spacial score (nSPS) is 20.5. The molecular formula is C16H34O2. The van der Waals surface area contributed by atoms with E-state index in [0.29, 0.717) is 5.92 Å². The molecule has 0 bridgehead atoms. The van der Waals surface area contributed by atoms with Crippen molar-refractivity contribution in [3.8, 4) is 0 Å². The number of hydrogen-bond donors (Lipinski definition) is 2. The molecule has 0 spiro atoms. The Morgan fingerprint density at radius 3 is 1.67 bits per heavy atom. The fourth-order valence-electron chi connectivity index (χ4n) is 3.13. The minimum Gasteiger partial charge on any atom is -0.396 e. The van der Waals surface area contributed by atoms with Crippen molar-refractivity contribution in [3.63, 3.8) is 0 Å². The summed E-state index contributed by atoms with van der Waals surface area (Å²) in [6.45, 7) is 13.2. The van der Waals surface area contributed by atoms with Gasteiger partial charge in [-0.25, -0.2) is 0 Å². The van der Waals surface area contributed by atoms with Gasteiger partial charge in [0.05, 0.1) is 6.10 Å². The second-order valence-electron chi connectivity index (χ2n) is 6.94. The second kappa shape index (κ2) is 8.92. The third kappa shape index (κ3) is 7.38. The van der Waals surface area contributed by atoms with Crippen LogP contribution >= 0.6 is 0 Å². The summed E-state index contributed by atoms with van der Waals surface area (Å²) < 4.78 is 0. The summed E-state index contributed by atoms with van der Waals surface area (Å²) in [5, 5.41) is 19.1. The van der Waals surface area contributed by atoms with Crippen molar-refractivity contribution >= 4 is 0 Å². The molecule has 0 saturated carbocycles. The van der Waals surface area contributed by atoms with E-state index in [4.69, 9.17) is 5.11 Å². The first-order valence-electron chi connectivity index (χ1n) is 7.56. The lowest BCUT2D eigenvalue weighted by molar-refractivity contribution is 0.0278.